The molecule has 0 fully saturated rings. The fourth-order valence-corrected chi connectivity index (χ4v) is 2.65. The van der Waals surface area contributed by atoms with Gasteiger partial charge in [-0.1, -0.05) is 0 Å². The van der Waals surface area contributed by atoms with Crippen LogP contribution in [0.3, 0.4) is 0 Å². The number of nitrogens with zero attached hydrogens (tertiary/aromatic N) is 1. The van der Waals surface area contributed by atoms with E-state index in [9.17, 15) is 9.59 Å². The molecule has 0 radical (unpaired) electrons. The Morgan fingerprint density at radius 2 is 1.86 bits per heavy atom. The Morgan fingerprint density at radius 3 is 2.52 bits per heavy atom. The fourth-order valence-electron chi connectivity index (χ4n) is 2.65. The maximum Gasteiger partial charge on any atom is 0.251 e. The number of hydrogen-bond acceptors (Lipinski definition) is 6. The van der Waals surface area contributed by atoms with Crippen LogP contribution in [0.4, 0.5) is 0 Å². The molecule has 0 aliphatic rings. The van der Waals surface area contributed by atoms with Crippen molar-refractivity contribution in [2.45, 2.75) is 20.4 Å². The highest BCUT2D eigenvalue weighted by molar-refractivity contribution is 5.97. The second-order valence-electron chi connectivity index (χ2n) is 6.10. The topological polar surface area (TPSA) is 90.2 Å². The van der Waals surface area contributed by atoms with Crippen LogP contribution in [0.5, 0.6) is 11.5 Å². The van der Waals surface area contributed by atoms with Gasteiger partial charge in [0.2, 0.25) is 5.91 Å². The maximum atomic E-state index is 12.6. The number of rotatable bonds is 12. The lowest BCUT2D eigenvalue weighted by Crippen LogP contribution is -2.41. The molecule has 2 aromatic rings. The number of hydrogen-bond donors (Lipinski definition) is 1. The van der Waals surface area contributed by atoms with Gasteiger partial charge in [0.05, 0.1) is 39.2 Å². The average Bonchev–Trinajstić information content (AvgIpc) is 3.24. The van der Waals surface area contributed by atoms with E-state index in [4.69, 9.17) is 18.6 Å². The number of benzene rings is 1. The van der Waals surface area contributed by atoms with Gasteiger partial charge in [-0.25, -0.2) is 0 Å². The molecule has 8 heteroatoms. The minimum absolute atomic E-state index is 0.138. The molecule has 0 spiro atoms. The van der Waals surface area contributed by atoms with E-state index in [0.29, 0.717) is 55.7 Å². The summed E-state index contributed by atoms with van der Waals surface area (Å²) in [6.07, 6.45) is 1.55. The second kappa shape index (κ2) is 11.8. The first-order valence-corrected chi connectivity index (χ1v) is 9.55. The molecular weight excluding hydrogens is 376 g/mol. The highest BCUT2D eigenvalue weighted by Crippen LogP contribution is 2.28. The highest BCUT2D eigenvalue weighted by Gasteiger charge is 2.17. The molecule has 8 nitrogen and oxygen atoms in total. The lowest BCUT2D eigenvalue weighted by Gasteiger charge is -2.21. The summed E-state index contributed by atoms with van der Waals surface area (Å²) in [5.74, 6) is 1.13. The molecule has 0 aliphatic carbocycles. The van der Waals surface area contributed by atoms with Crippen LogP contribution >= 0.6 is 0 Å². The van der Waals surface area contributed by atoms with Crippen molar-refractivity contribution in [3.8, 4) is 11.5 Å². The van der Waals surface area contributed by atoms with Crippen molar-refractivity contribution >= 4 is 11.8 Å². The van der Waals surface area contributed by atoms with E-state index in [1.165, 1.54) is 0 Å². The number of carbonyl (C=O) groups is 2. The van der Waals surface area contributed by atoms with Gasteiger partial charge in [-0.3, -0.25) is 9.59 Å². The summed E-state index contributed by atoms with van der Waals surface area (Å²) in [6.45, 7) is 5.62. The molecule has 0 aliphatic heterocycles. The molecule has 1 N–H and O–H groups in total. The van der Waals surface area contributed by atoms with Crippen molar-refractivity contribution in [1.29, 1.82) is 0 Å². The van der Waals surface area contributed by atoms with E-state index < -0.39 is 0 Å². The summed E-state index contributed by atoms with van der Waals surface area (Å²) in [5.41, 5.74) is 0.388. The van der Waals surface area contributed by atoms with E-state index in [1.54, 1.807) is 48.6 Å². The smallest absolute Gasteiger partial charge is 0.251 e. The summed E-state index contributed by atoms with van der Waals surface area (Å²) in [5, 5.41) is 2.66. The Balaban J connectivity index is 1.99. The zero-order chi connectivity index (χ0) is 21.1. The van der Waals surface area contributed by atoms with Crippen molar-refractivity contribution in [1.82, 2.24) is 10.2 Å². The number of methoxy groups -OCH3 is 1. The van der Waals surface area contributed by atoms with E-state index in [-0.39, 0.29) is 18.4 Å². The first kappa shape index (κ1) is 22.3. The maximum absolute atomic E-state index is 12.6. The van der Waals surface area contributed by atoms with Crippen LogP contribution in [-0.2, 0) is 16.1 Å². The van der Waals surface area contributed by atoms with Gasteiger partial charge in [-0.2, -0.15) is 0 Å². The van der Waals surface area contributed by atoms with Gasteiger partial charge in [-0.05, 0) is 44.2 Å². The molecule has 2 rings (SSSR count). The zero-order valence-electron chi connectivity index (χ0n) is 17.1. The Bertz CT molecular complexity index is 775. The summed E-state index contributed by atoms with van der Waals surface area (Å²) < 4.78 is 21.4. The number of amides is 2. The number of carbonyl (C=O) groups excluding carboxylic acids is 2. The van der Waals surface area contributed by atoms with Crippen molar-refractivity contribution in [2.24, 2.45) is 0 Å². The van der Waals surface area contributed by atoms with Crippen molar-refractivity contribution < 1.29 is 28.2 Å². The monoisotopic (exact) mass is 404 g/mol. The van der Waals surface area contributed by atoms with Crippen LogP contribution < -0.4 is 14.8 Å². The van der Waals surface area contributed by atoms with E-state index >= 15 is 0 Å². The van der Waals surface area contributed by atoms with Crippen molar-refractivity contribution in [2.75, 3.05) is 40.0 Å². The van der Waals surface area contributed by atoms with Gasteiger partial charge in [0.15, 0.2) is 11.5 Å². The summed E-state index contributed by atoms with van der Waals surface area (Å²) in [7, 11) is 1.57. The predicted molar refractivity (Wildman–Crippen MR) is 107 cm³/mol. The lowest BCUT2D eigenvalue weighted by atomic mass is 10.2. The van der Waals surface area contributed by atoms with Crippen LogP contribution in [0.25, 0.3) is 0 Å². The molecule has 0 atom stereocenters. The highest BCUT2D eigenvalue weighted by atomic mass is 16.5. The number of nitrogens with one attached hydrogen (secondary N) is 1. The molecule has 0 saturated heterocycles. The Labute approximate surface area is 170 Å². The van der Waals surface area contributed by atoms with Gasteiger partial charge in [0, 0.05) is 19.2 Å². The summed E-state index contributed by atoms with van der Waals surface area (Å²) in [6, 6.07) is 8.49. The van der Waals surface area contributed by atoms with Gasteiger partial charge < -0.3 is 28.8 Å². The van der Waals surface area contributed by atoms with Gasteiger partial charge in [0.25, 0.3) is 5.91 Å². The molecule has 2 amide bonds. The molecular formula is C21H28N2O6. The average molecular weight is 404 g/mol. The molecule has 0 bridgehead atoms. The molecule has 29 heavy (non-hydrogen) atoms. The summed E-state index contributed by atoms with van der Waals surface area (Å²) in [4.78, 5) is 26.7. The largest absolute Gasteiger partial charge is 0.490 e. The molecule has 0 saturated carbocycles. The Morgan fingerprint density at radius 1 is 1.10 bits per heavy atom. The van der Waals surface area contributed by atoms with Crippen LogP contribution in [0.1, 0.15) is 30.0 Å². The molecule has 1 aromatic heterocycles. The van der Waals surface area contributed by atoms with E-state index in [0.717, 1.165) is 0 Å². The van der Waals surface area contributed by atoms with Gasteiger partial charge >= 0.3 is 0 Å². The first-order chi connectivity index (χ1) is 14.1. The van der Waals surface area contributed by atoms with E-state index in [1.807, 2.05) is 13.8 Å². The SMILES string of the molecule is CCOc1ccc(C(=O)NCC(=O)N(CCOC)Cc2ccco2)cc1OCC. The van der Waals surface area contributed by atoms with Crippen LogP contribution in [0.15, 0.2) is 41.0 Å². The van der Waals surface area contributed by atoms with E-state index in [2.05, 4.69) is 5.32 Å². The standard InChI is InChI=1S/C21H28N2O6/c1-4-27-18-9-8-16(13-19(18)28-5-2)21(25)22-14-20(24)23(10-12-26-3)15-17-7-6-11-29-17/h6-9,11,13H,4-5,10,12,14-15H2,1-3H3,(H,22,25). The second-order valence-corrected chi connectivity index (χ2v) is 6.10. The van der Waals surface area contributed by atoms with Crippen molar-refractivity contribution in [3.63, 3.8) is 0 Å². The third-order valence-corrected chi connectivity index (χ3v) is 4.05. The first-order valence-electron chi connectivity index (χ1n) is 9.55. The third-order valence-electron chi connectivity index (χ3n) is 4.05. The van der Waals surface area contributed by atoms with Crippen LogP contribution in [-0.4, -0.2) is 56.7 Å². The number of ether oxygens (including phenoxy) is 3. The molecule has 1 heterocycles. The minimum Gasteiger partial charge on any atom is -0.490 e. The normalized spacial score (nSPS) is 10.4. The summed E-state index contributed by atoms with van der Waals surface area (Å²) >= 11 is 0. The third kappa shape index (κ3) is 6.83. The Hall–Kier alpha value is -3.00. The Kier molecular flexibility index (Phi) is 9.04. The molecule has 0 unspecified atom stereocenters. The molecule has 158 valence electrons. The zero-order valence-corrected chi connectivity index (χ0v) is 17.1. The minimum atomic E-state index is -0.368. The lowest BCUT2D eigenvalue weighted by molar-refractivity contribution is -0.131. The number of furan rings is 1. The van der Waals surface area contributed by atoms with Gasteiger partial charge in [-0.15, -0.1) is 0 Å². The van der Waals surface area contributed by atoms with Gasteiger partial charge in [0.1, 0.15) is 5.76 Å². The van der Waals surface area contributed by atoms with Crippen LogP contribution in [0, 0.1) is 0 Å². The van der Waals surface area contributed by atoms with Crippen LogP contribution in [0.2, 0.25) is 0 Å². The van der Waals surface area contributed by atoms with Crippen molar-refractivity contribution in [3.05, 3.63) is 47.9 Å². The fraction of sp³-hybridized carbons (Fsp3) is 0.429. The predicted octanol–water partition coefficient (Wildman–Crippen LogP) is 2.48. The molecule has 1 aromatic carbocycles. The quantitative estimate of drug-likeness (QED) is 0.585.